The number of halogens is 2. The van der Waals surface area contributed by atoms with Crippen LogP contribution < -0.4 is 0 Å². The molecule has 158 valence electrons. The van der Waals surface area contributed by atoms with E-state index < -0.39 is 0 Å². The molecule has 3 aromatic rings. The van der Waals surface area contributed by atoms with Crippen LogP contribution in [0.25, 0.3) is 0 Å². The van der Waals surface area contributed by atoms with Gasteiger partial charge in [0.15, 0.2) is 5.82 Å². The lowest BCUT2D eigenvalue weighted by molar-refractivity contribution is 0.0726. The van der Waals surface area contributed by atoms with Gasteiger partial charge in [0.2, 0.25) is 5.89 Å². The van der Waals surface area contributed by atoms with Gasteiger partial charge in [0, 0.05) is 32.6 Å². The van der Waals surface area contributed by atoms with Gasteiger partial charge in [-0.2, -0.15) is 4.98 Å². The van der Waals surface area contributed by atoms with Crippen LogP contribution in [0, 0.1) is 11.6 Å². The Labute approximate surface area is 175 Å². The molecule has 1 atom stereocenters. The Kier molecular flexibility index (Phi) is 6.20. The topological polar surface area (TPSA) is 45.4 Å². The van der Waals surface area contributed by atoms with Crippen LogP contribution in [0.2, 0.25) is 0 Å². The first kappa shape index (κ1) is 20.6. The van der Waals surface area contributed by atoms with Crippen LogP contribution in [0.4, 0.5) is 8.78 Å². The summed E-state index contributed by atoms with van der Waals surface area (Å²) in [5.41, 5.74) is 1.99. The summed E-state index contributed by atoms with van der Waals surface area (Å²) in [5.74, 6) is 0.847. The second kappa shape index (κ2) is 9.02. The SMILES string of the molecule is CCc1noc(C(C)N2CCN(C(c3ccc(F)cc3)c3ccc(F)cc3)CC2)n1. The molecule has 1 aliphatic heterocycles. The summed E-state index contributed by atoms with van der Waals surface area (Å²) in [7, 11) is 0. The van der Waals surface area contributed by atoms with Crippen LogP contribution in [-0.4, -0.2) is 46.1 Å². The third-order valence-corrected chi connectivity index (χ3v) is 5.79. The normalized spacial score (nSPS) is 16.8. The highest BCUT2D eigenvalue weighted by Gasteiger charge is 2.30. The molecule has 0 bridgehead atoms. The van der Waals surface area contributed by atoms with E-state index in [9.17, 15) is 8.78 Å². The van der Waals surface area contributed by atoms with E-state index in [0.29, 0.717) is 5.89 Å². The maximum Gasteiger partial charge on any atom is 0.243 e. The number of aryl methyl sites for hydroxylation is 1. The number of piperazine rings is 1. The van der Waals surface area contributed by atoms with E-state index in [4.69, 9.17) is 4.52 Å². The first-order valence-corrected chi connectivity index (χ1v) is 10.4. The van der Waals surface area contributed by atoms with Crippen molar-refractivity contribution in [3.8, 4) is 0 Å². The first-order valence-electron chi connectivity index (χ1n) is 10.4. The molecular formula is C23H26F2N4O. The predicted octanol–water partition coefficient (Wildman–Crippen LogP) is 4.38. The zero-order chi connectivity index (χ0) is 21.1. The zero-order valence-electron chi connectivity index (χ0n) is 17.3. The van der Waals surface area contributed by atoms with Gasteiger partial charge in [0.25, 0.3) is 0 Å². The molecule has 1 saturated heterocycles. The number of hydrogen-bond donors (Lipinski definition) is 0. The number of benzene rings is 2. The minimum absolute atomic E-state index is 0.0510. The molecule has 0 N–H and O–H groups in total. The van der Waals surface area contributed by atoms with Gasteiger partial charge in [-0.15, -0.1) is 0 Å². The van der Waals surface area contributed by atoms with E-state index in [1.54, 1.807) is 0 Å². The van der Waals surface area contributed by atoms with Gasteiger partial charge in [-0.3, -0.25) is 9.80 Å². The lowest BCUT2D eigenvalue weighted by Crippen LogP contribution is -2.48. The van der Waals surface area contributed by atoms with Gasteiger partial charge >= 0.3 is 0 Å². The zero-order valence-corrected chi connectivity index (χ0v) is 17.3. The summed E-state index contributed by atoms with van der Waals surface area (Å²) in [6.07, 6.45) is 0.751. The van der Waals surface area contributed by atoms with E-state index in [-0.39, 0.29) is 23.7 Å². The van der Waals surface area contributed by atoms with Gasteiger partial charge in [0.05, 0.1) is 12.1 Å². The molecule has 2 aromatic carbocycles. The summed E-state index contributed by atoms with van der Waals surface area (Å²) in [6, 6.07) is 13.1. The Morgan fingerprint density at radius 1 is 0.867 bits per heavy atom. The fourth-order valence-corrected chi connectivity index (χ4v) is 4.02. The highest BCUT2D eigenvalue weighted by molar-refractivity contribution is 5.32. The number of hydrogen-bond acceptors (Lipinski definition) is 5. The molecule has 1 unspecified atom stereocenters. The van der Waals surface area contributed by atoms with Crippen molar-refractivity contribution in [3.63, 3.8) is 0 Å². The van der Waals surface area contributed by atoms with Crippen molar-refractivity contribution in [3.05, 3.63) is 83.0 Å². The Hall–Kier alpha value is -2.64. The maximum atomic E-state index is 13.5. The van der Waals surface area contributed by atoms with Crippen molar-refractivity contribution < 1.29 is 13.3 Å². The van der Waals surface area contributed by atoms with Crippen molar-refractivity contribution in [1.29, 1.82) is 0 Å². The highest BCUT2D eigenvalue weighted by Crippen LogP contribution is 2.31. The minimum atomic E-state index is -0.263. The van der Waals surface area contributed by atoms with Crippen molar-refractivity contribution in [1.82, 2.24) is 19.9 Å². The molecule has 1 aromatic heterocycles. The number of rotatable bonds is 6. The van der Waals surface area contributed by atoms with E-state index in [2.05, 4.69) is 26.9 Å². The van der Waals surface area contributed by atoms with Crippen molar-refractivity contribution >= 4 is 0 Å². The van der Waals surface area contributed by atoms with Gasteiger partial charge < -0.3 is 4.52 Å². The van der Waals surface area contributed by atoms with E-state index in [1.807, 2.05) is 31.2 Å². The first-order chi connectivity index (χ1) is 14.5. The lowest BCUT2D eigenvalue weighted by Gasteiger charge is -2.41. The van der Waals surface area contributed by atoms with Gasteiger partial charge in [-0.1, -0.05) is 36.3 Å². The molecular weight excluding hydrogens is 386 g/mol. The van der Waals surface area contributed by atoms with Crippen LogP contribution in [-0.2, 0) is 6.42 Å². The quantitative estimate of drug-likeness (QED) is 0.601. The predicted molar refractivity (Wildman–Crippen MR) is 110 cm³/mol. The molecule has 4 rings (SSSR count). The average molecular weight is 412 g/mol. The molecule has 0 aliphatic carbocycles. The van der Waals surface area contributed by atoms with Crippen LogP contribution >= 0.6 is 0 Å². The Morgan fingerprint density at radius 2 is 1.37 bits per heavy atom. The lowest BCUT2D eigenvalue weighted by atomic mass is 9.96. The van der Waals surface area contributed by atoms with E-state index in [1.165, 1.54) is 24.3 Å². The second-order valence-electron chi connectivity index (χ2n) is 7.66. The average Bonchev–Trinajstić information content (AvgIpc) is 3.26. The van der Waals surface area contributed by atoms with Crippen molar-refractivity contribution in [2.24, 2.45) is 0 Å². The number of nitrogens with zero attached hydrogens (tertiary/aromatic N) is 4. The molecule has 0 saturated carbocycles. The van der Waals surface area contributed by atoms with Gasteiger partial charge in [-0.25, -0.2) is 8.78 Å². The van der Waals surface area contributed by atoms with Crippen LogP contribution in [0.15, 0.2) is 53.1 Å². The van der Waals surface area contributed by atoms with E-state index >= 15 is 0 Å². The van der Waals surface area contributed by atoms with Gasteiger partial charge in [0.1, 0.15) is 11.6 Å². The maximum absolute atomic E-state index is 13.5. The molecule has 2 heterocycles. The van der Waals surface area contributed by atoms with Crippen LogP contribution in [0.3, 0.4) is 0 Å². The summed E-state index contributed by atoms with van der Waals surface area (Å²) in [4.78, 5) is 9.15. The smallest absolute Gasteiger partial charge is 0.243 e. The van der Waals surface area contributed by atoms with Crippen molar-refractivity contribution in [2.75, 3.05) is 26.2 Å². The Bertz CT molecular complexity index is 905. The van der Waals surface area contributed by atoms with Gasteiger partial charge in [-0.05, 0) is 42.3 Å². The molecule has 0 amide bonds. The largest absolute Gasteiger partial charge is 0.338 e. The molecule has 7 heteroatoms. The third-order valence-electron chi connectivity index (χ3n) is 5.79. The fourth-order valence-electron chi connectivity index (χ4n) is 4.02. The van der Waals surface area contributed by atoms with Crippen molar-refractivity contribution in [2.45, 2.75) is 32.4 Å². The molecule has 0 radical (unpaired) electrons. The fraction of sp³-hybridized carbons (Fsp3) is 0.391. The van der Waals surface area contributed by atoms with Crippen LogP contribution in [0.5, 0.6) is 0 Å². The molecule has 1 aliphatic rings. The molecule has 30 heavy (non-hydrogen) atoms. The van der Waals surface area contributed by atoms with Crippen LogP contribution in [0.1, 0.15) is 48.8 Å². The molecule has 5 nitrogen and oxygen atoms in total. The summed E-state index contributed by atoms with van der Waals surface area (Å²) in [5, 5.41) is 4.00. The van der Waals surface area contributed by atoms with E-state index in [0.717, 1.165) is 49.6 Å². The summed E-state index contributed by atoms with van der Waals surface area (Å²) < 4.78 is 32.4. The minimum Gasteiger partial charge on any atom is -0.338 e. The second-order valence-corrected chi connectivity index (χ2v) is 7.66. The summed E-state index contributed by atoms with van der Waals surface area (Å²) >= 11 is 0. The molecule has 1 fully saturated rings. The number of aromatic nitrogens is 2. The monoisotopic (exact) mass is 412 g/mol. The Balaban J connectivity index is 1.51. The highest BCUT2D eigenvalue weighted by atomic mass is 19.1. The standard InChI is InChI=1S/C23H26F2N4O/c1-3-21-26-23(30-27-21)16(2)28-12-14-29(15-13-28)22(17-4-8-19(24)9-5-17)18-6-10-20(25)11-7-18/h4-11,16,22H,3,12-15H2,1-2H3. The summed E-state index contributed by atoms with van der Waals surface area (Å²) in [6.45, 7) is 7.40. The third kappa shape index (κ3) is 4.42. The Morgan fingerprint density at radius 3 is 1.83 bits per heavy atom. The molecule has 0 spiro atoms.